The summed E-state index contributed by atoms with van der Waals surface area (Å²) >= 11 is 0. The Hall–Kier alpha value is -2.69. The average molecular weight is 268 g/mol. The lowest BCUT2D eigenvalue weighted by Gasteiger charge is -2.03. The van der Waals surface area contributed by atoms with Crippen LogP contribution < -0.4 is 0 Å². The van der Waals surface area contributed by atoms with Crippen LogP contribution in [0.4, 0.5) is 0 Å². The predicted molar refractivity (Wildman–Crippen MR) is 73.3 cm³/mol. The predicted octanol–water partition coefficient (Wildman–Crippen LogP) is 2.83. The second kappa shape index (κ2) is 4.77. The van der Waals surface area contributed by atoms with Crippen molar-refractivity contribution in [2.24, 2.45) is 0 Å². The number of para-hydroxylation sites is 1. The molecule has 0 spiro atoms. The van der Waals surface area contributed by atoms with Crippen LogP contribution in [0.3, 0.4) is 0 Å². The van der Waals surface area contributed by atoms with Crippen LogP contribution in [0.1, 0.15) is 11.5 Å². The fourth-order valence-corrected chi connectivity index (χ4v) is 2.16. The lowest BCUT2D eigenvalue weighted by Crippen LogP contribution is -2.06. The molecule has 2 aromatic heterocycles. The Kier molecular flexibility index (Phi) is 2.95. The molecule has 0 saturated heterocycles. The summed E-state index contributed by atoms with van der Waals surface area (Å²) < 4.78 is 5.49. The molecular weight excluding hydrogens is 256 g/mol. The first-order chi connectivity index (χ1) is 9.63. The van der Waals surface area contributed by atoms with Gasteiger partial charge in [0.05, 0.1) is 5.69 Å². The number of aliphatic carboxylic acids is 1. The Morgan fingerprint density at radius 1 is 1.30 bits per heavy atom. The molecule has 0 bridgehead atoms. The number of carboxylic acids is 1. The third kappa shape index (κ3) is 2.25. The molecule has 3 rings (SSSR count). The largest absolute Gasteiger partial charge is 0.481 e. The number of aromatic nitrogens is 2. The highest BCUT2D eigenvalue weighted by Crippen LogP contribution is 2.29. The smallest absolute Gasteiger partial charge is 0.311 e. The molecule has 0 aliphatic rings. The molecule has 0 aliphatic heterocycles. The van der Waals surface area contributed by atoms with E-state index in [9.17, 15) is 4.79 Å². The fourth-order valence-electron chi connectivity index (χ4n) is 2.16. The minimum atomic E-state index is -0.946. The second-order valence-electron chi connectivity index (χ2n) is 4.53. The number of furan rings is 1. The van der Waals surface area contributed by atoms with Crippen molar-refractivity contribution in [3.8, 4) is 11.3 Å². The second-order valence-corrected chi connectivity index (χ2v) is 4.53. The number of aryl methyl sites for hydroxylation is 1. The van der Waals surface area contributed by atoms with Gasteiger partial charge in [-0.05, 0) is 19.1 Å². The van der Waals surface area contributed by atoms with E-state index in [1.165, 1.54) is 0 Å². The highest BCUT2D eigenvalue weighted by atomic mass is 16.4. The van der Waals surface area contributed by atoms with E-state index in [-0.39, 0.29) is 6.42 Å². The molecule has 100 valence electrons. The Labute approximate surface area is 114 Å². The molecule has 1 N–H and O–H groups in total. The summed E-state index contributed by atoms with van der Waals surface area (Å²) in [5.41, 5.74) is 3.03. The first kappa shape index (κ1) is 12.3. The molecule has 3 aromatic rings. The van der Waals surface area contributed by atoms with Gasteiger partial charge in [-0.1, -0.05) is 18.2 Å². The van der Waals surface area contributed by atoms with E-state index in [2.05, 4.69) is 9.97 Å². The van der Waals surface area contributed by atoms with E-state index in [0.717, 1.165) is 22.2 Å². The highest BCUT2D eigenvalue weighted by Gasteiger charge is 2.12. The van der Waals surface area contributed by atoms with Gasteiger partial charge in [-0.2, -0.15) is 0 Å². The quantitative estimate of drug-likeness (QED) is 0.790. The minimum Gasteiger partial charge on any atom is -0.481 e. The van der Waals surface area contributed by atoms with Gasteiger partial charge in [0.15, 0.2) is 0 Å². The van der Waals surface area contributed by atoms with E-state index in [1.54, 1.807) is 6.26 Å². The van der Waals surface area contributed by atoms with Crippen molar-refractivity contribution >= 4 is 16.9 Å². The van der Waals surface area contributed by atoms with Gasteiger partial charge >= 0.3 is 5.97 Å². The molecule has 2 heterocycles. The molecule has 5 heteroatoms. The summed E-state index contributed by atoms with van der Waals surface area (Å²) in [6.07, 6.45) is 1.45. The number of carboxylic acid groups (broad SMARTS) is 1. The molecule has 0 radical (unpaired) electrons. The summed E-state index contributed by atoms with van der Waals surface area (Å²) in [5, 5.41) is 9.80. The van der Waals surface area contributed by atoms with Gasteiger partial charge in [0.2, 0.25) is 0 Å². The van der Waals surface area contributed by atoms with E-state index in [1.807, 2.05) is 37.3 Å². The van der Waals surface area contributed by atoms with Crippen LogP contribution in [0.5, 0.6) is 0 Å². The lowest BCUT2D eigenvalue weighted by molar-refractivity contribution is -0.136. The number of hydrogen-bond acceptors (Lipinski definition) is 4. The third-order valence-corrected chi connectivity index (χ3v) is 2.97. The van der Waals surface area contributed by atoms with Gasteiger partial charge in [0, 0.05) is 16.6 Å². The summed E-state index contributed by atoms with van der Waals surface area (Å²) in [5.74, 6) is -0.642. The van der Waals surface area contributed by atoms with Gasteiger partial charge < -0.3 is 9.52 Å². The SMILES string of the molecule is Cc1cc(-c2coc3ccccc23)nc(CC(=O)O)n1. The number of hydrogen-bond donors (Lipinski definition) is 1. The number of rotatable bonds is 3. The molecule has 0 aliphatic carbocycles. The maximum atomic E-state index is 10.8. The van der Waals surface area contributed by atoms with E-state index < -0.39 is 5.97 Å². The molecule has 5 nitrogen and oxygen atoms in total. The number of carbonyl (C=O) groups is 1. The fraction of sp³-hybridized carbons (Fsp3) is 0.133. The lowest BCUT2D eigenvalue weighted by atomic mass is 10.1. The van der Waals surface area contributed by atoms with E-state index in [4.69, 9.17) is 9.52 Å². The first-order valence-electron chi connectivity index (χ1n) is 6.16. The number of fused-ring (bicyclic) bond motifs is 1. The van der Waals surface area contributed by atoms with Gasteiger partial charge in [-0.3, -0.25) is 4.79 Å². The zero-order chi connectivity index (χ0) is 14.1. The number of benzene rings is 1. The monoisotopic (exact) mass is 268 g/mol. The molecule has 0 amide bonds. The average Bonchev–Trinajstić information content (AvgIpc) is 2.80. The first-order valence-corrected chi connectivity index (χ1v) is 6.16. The van der Waals surface area contributed by atoms with Crippen LogP contribution in [-0.2, 0) is 11.2 Å². The Balaban J connectivity index is 2.14. The van der Waals surface area contributed by atoms with Gasteiger partial charge in [-0.25, -0.2) is 9.97 Å². The third-order valence-electron chi connectivity index (χ3n) is 2.97. The molecule has 0 unspecified atom stereocenters. The van der Waals surface area contributed by atoms with Crippen molar-refractivity contribution < 1.29 is 14.3 Å². The van der Waals surface area contributed by atoms with E-state index in [0.29, 0.717) is 11.5 Å². The molecule has 20 heavy (non-hydrogen) atoms. The minimum absolute atomic E-state index is 0.190. The van der Waals surface area contributed by atoms with Crippen molar-refractivity contribution in [2.45, 2.75) is 13.3 Å². The Morgan fingerprint density at radius 2 is 2.10 bits per heavy atom. The maximum Gasteiger partial charge on any atom is 0.311 e. The Bertz CT molecular complexity index is 793. The molecule has 1 aromatic carbocycles. The highest BCUT2D eigenvalue weighted by molar-refractivity contribution is 5.92. The van der Waals surface area contributed by atoms with Crippen LogP contribution in [0, 0.1) is 6.92 Å². The van der Waals surface area contributed by atoms with Crippen LogP contribution in [-0.4, -0.2) is 21.0 Å². The standard InChI is InChI=1S/C15H12N2O3/c1-9-6-12(17-14(16-9)7-15(18)19)11-8-20-13-5-3-2-4-10(11)13/h2-6,8H,7H2,1H3,(H,18,19). The normalized spacial score (nSPS) is 10.8. The van der Waals surface area contributed by atoms with Gasteiger partial charge in [0.1, 0.15) is 24.1 Å². The topological polar surface area (TPSA) is 76.2 Å². The van der Waals surface area contributed by atoms with Crippen molar-refractivity contribution in [1.29, 1.82) is 0 Å². The summed E-state index contributed by atoms with van der Waals surface area (Å²) in [6.45, 7) is 1.82. The van der Waals surface area contributed by atoms with Crippen molar-refractivity contribution in [1.82, 2.24) is 9.97 Å². The molecule has 0 saturated carbocycles. The van der Waals surface area contributed by atoms with Crippen molar-refractivity contribution in [2.75, 3.05) is 0 Å². The maximum absolute atomic E-state index is 10.8. The summed E-state index contributed by atoms with van der Waals surface area (Å²) in [7, 11) is 0. The summed E-state index contributed by atoms with van der Waals surface area (Å²) in [4.78, 5) is 19.2. The Morgan fingerprint density at radius 3 is 2.90 bits per heavy atom. The van der Waals surface area contributed by atoms with E-state index >= 15 is 0 Å². The van der Waals surface area contributed by atoms with Crippen LogP contribution in [0.2, 0.25) is 0 Å². The van der Waals surface area contributed by atoms with Gasteiger partial charge in [-0.15, -0.1) is 0 Å². The van der Waals surface area contributed by atoms with Crippen LogP contribution in [0.25, 0.3) is 22.2 Å². The van der Waals surface area contributed by atoms with Crippen LogP contribution >= 0.6 is 0 Å². The van der Waals surface area contributed by atoms with Gasteiger partial charge in [0.25, 0.3) is 0 Å². The molecular formula is C15H12N2O3. The molecule has 0 atom stereocenters. The zero-order valence-electron chi connectivity index (χ0n) is 10.8. The van der Waals surface area contributed by atoms with Crippen molar-refractivity contribution in [3.63, 3.8) is 0 Å². The summed E-state index contributed by atoms with van der Waals surface area (Å²) in [6, 6.07) is 9.47. The van der Waals surface area contributed by atoms with Crippen molar-refractivity contribution in [3.05, 3.63) is 48.1 Å². The zero-order valence-corrected chi connectivity index (χ0v) is 10.8. The molecule has 0 fully saturated rings. The number of nitrogens with zero attached hydrogens (tertiary/aromatic N) is 2. The van der Waals surface area contributed by atoms with Crippen LogP contribution in [0.15, 0.2) is 41.0 Å².